The van der Waals surface area contributed by atoms with Gasteiger partial charge in [0.2, 0.25) is 0 Å². The van der Waals surface area contributed by atoms with Gasteiger partial charge < -0.3 is 9.64 Å². The maximum atomic E-state index is 12.7. The molecule has 2 aromatic rings. The molecule has 1 amide bonds. The molecule has 1 atom stereocenters. The number of para-hydroxylation sites is 1. The minimum absolute atomic E-state index is 0.0985. The van der Waals surface area contributed by atoms with Gasteiger partial charge in [0.05, 0.1) is 0 Å². The highest BCUT2D eigenvalue weighted by molar-refractivity contribution is 5.81. The maximum Gasteiger partial charge on any atom is 0.263 e. The van der Waals surface area contributed by atoms with Crippen LogP contribution in [0.25, 0.3) is 0 Å². The van der Waals surface area contributed by atoms with Crippen LogP contribution in [0.15, 0.2) is 54.6 Å². The van der Waals surface area contributed by atoms with Crippen molar-refractivity contribution in [3.63, 3.8) is 0 Å². The Bertz CT molecular complexity index is 690. The molecular formula is C22H27NO2. The van der Waals surface area contributed by atoms with Crippen LogP contribution in [-0.4, -0.2) is 30.0 Å². The number of hydrogen-bond donors (Lipinski definition) is 0. The second-order valence-electron chi connectivity index (χ2n) is 6.98. The molecule has 1 aliphatic rings. The highest BCUT2D eigenvalue weighted by Gasteiger charge is 2.27. The smallest absolute Gasteiger partial charge is 0.263 e. The summed E-state index contributed by atoms with van der Waals surface area (Å²) in [5.41, 5.74) is 2.45. The van der Waals surface area contributed by atoms with Gasteiger partial charge in [0.15, 0.2) is 6.10 Å². The second kappa shape index (κ2) is 8.19. The summed E-state index contributed by atoms with van der Waals surface area (Å²) in [5.74, 6) is 1.56. The average molecular weight is 337 g/mol. The molecule has 3 heteroatoms. The number of ether oxygens (including phenoxy) is 1. The lowest BCUT2D eigenvalue weighted by atomic mass is 9.90. The Balaban J connectivity index is 1.50. The van der Waals surface area contributed by atoms with E-state index in [2.05, 4.69) is 30.3 Å². The molecule has 0 bridgehead atoms. The molecule has 1 heterocycles. The van der Waals surface area contributed by atoms with Crippen LogP contribution in [0.1, 0.15) is 30.9 Å². The largest absolute Gasteiger partial charge is 0.481 e. The van der Waals surface area contributed by atoms with Crippen molar-refractivity contribution in [3.8, 4) is 5.75 Å². The molecule has 0 saturated carbocycles. The normalized spacial score (nSPS) is 16.5. The number of hydrogen-bond acceptors (Lipinski definition) is 2. The van der Waals surface area contributed by atoms with E-state index in [1.165, 1.54) is 5.56 Å². The quantitative estimate of drug-likeness (QED) is 0.816. The maximum absolute atomic E-state index is 12.7. The van der Waals surface area contributed by atoms with Crippen LogP contribution in [0.2, 0.25) is 0 Å². The lowest BCUT2D eigenvalue weighted by Crippen LogP contribution is -2.45. The summed E-state index contributed by atoms with van der Waals surface area (Å²) in [5, 5.41) is 0. The van der Waals surface area contributed by atoms with Gasteiger partial charge in [-0.3, -0.25) is 4.79 Å². The van der Waals surface area contributed by atoms with E-state index in [4.69, 9.17) is 4.74 Å². The van der Waals surface area contributed by atoms with Crippen LogP contribution in [0.4, 0.5) is 0 Å². The summed E-state index contributed by atoms with van der Waals surface area (Å²) >= 11 is 0. The van der Waals surface area contributed by atoms with E-state index in [0.29, 0.717) is 5.92 Å². The topological polar surface area (TPSA) is 29.5 Å². The number of benzene rings is 2. The lowest BCUT2D eigenvalue weighted by Gasteiger charge is -2.33. The molecule has 3 rings (SSSR count). The summed E-state index contributed by atoms with van der Waals surface area (Å²) in [6.07, 6.45) is 2.81. The van der Waals surface area contributed by atoms with Crippen molar-refractivity contribution in [1.82, 2.24) is 4.90 Å². The Kier molecular flexibility index (Phi) is 5.75. The fourth-order valence-corrected chi connectivity index (χ4v) is 3.49. The Morgan fingerprint density at radius 2 is 1.72 bits per heavy atom. The minimum atomic E-state index is -0.438. The fourth-order valence-electron chi connectivity index (χ4n) is 3.49. The molecule has 0 aromatic heterocycles. The molecule has 0 spiro atoms. The number of carbonyl (C=O) groups excluding carboxylic acids is 1. The van der Waals surface area contributed by atoms with Gasteiger partial charge in [-0.2, -0.15) is 0 Å². The predicted octanol–water partition coefficient (Wildman–Crippen LogP) is 4.24. The van der Waals surface area contributed by atoms with E-state index in [1.807, 2.05) is 43.0 Å². The van der Waals surface area contributed by atoms with Crippen LogP contribution in [0.3, 0.4) is 0 Å². The second-order valence-corrected chi connectivity index (χ2v) is 6.98. The number of likely N-dealkylation sites (tertiary alicyclic amines) is 1. The van der Waals surface area contributed by atoms with Crippen LogP contribution >= 0.6 is 0 Å². The third-order valence-electron chi connectivity index (χ3n) is 5.04. The Morgan fingerprint density at radius 3 is 2.40 bits per heavy atom. The van der Waals surface area contributed by atoms with E-state index < -0.39 is 6.10 Å². The zero-order chi connectivity index (χ0) is 17.6. The molecule has 0 aliphatic carbocycles. The SMILES string of the molecule is Cc1ccccc1O[C@@H](C)C(=O)N1CCC(Cc2ccccc2)CC1. The van der Waals surface area contributed by atoms with Crippen LogP contribution in [0, 0.1) is 12.8 Å². The number of nitrogens with zero attached hydrogens (tertiary/aromatic N) is 1. The highest BCUT2D eigenvalue weighted by Crippen LogP contribution is 2.23. The van der Waals surface area contributed by atoms with E-state index in [9.17, 15) is 4.79 Å². The Hall–Kier alpha value is -2.29. The minimum Gasteiger partial charge on any atom is -0.481 e. The Morgan fingerprint density at radius 1 is 1.08 bits per heavy atom. The summed E-state index contributed by atoms with van der Waals surface area (Å²) in [6, 6.07) is 18.5. The molecule has 2 aromatic carbocycles. The fraction of sp³-hybridized carbons (Fsp3) is 0.409. The Labute approximate surface area is 150 Å². The van der Waals surface area contributed by atoms with Crippen LogP contribution in [-0.2, 0) is 11.2 Å². The predicted molar refractivity (Wildman–Crippen MR) is 101 cm³/mol. The molecule has 1 fully saturated rings. The van der Waals surface area contributed by atoms with Gasteiger partial charge in [-0.05, 0) is 56.2 Å². The number of carbonyl (C=O) groups is 1. The van der Waals surface area contributed by atoms with Crippen molar-refractivity contribution in [1.29, 1.82) is 0 Å². The molecule has 25 heavy (non-hydrogen) atoms. The standard InChI is InChI=1S/C22H27NO2/c1-17-8-6-7-11-21(17)25-18(2)22(24)23-14-12-20(13-15-23)16-19-9-4-3-5-10-19/h3-11,18,20H,12-16H2,1-2H3/t18-/m0/s1. The van der Waals surface area contributed by atoms with E-state index >= 15 is 0 Å². The first-order valence-corrected chi connectivity index (χ1v) is 9.18. The number of rotatable bonds is 5. The van der Waals surface area contributed by atoms with E-state index in [-0.39, 0.29) is 5.91 Å². The molecule has 1 aliphatic heterocycles. The summed E-state index contributed by atoms with van der Waals surface area (Å²) in [7, 11) is 0. The lowest BCUT2D eigenvalue weighted by molar-refractivity contribution is -0.139. The van der Waals surface area contributed by atoms with Crippen LogP contribution < -0.4 is 4.74 Å². The van der Waals surface area contributed by atoms with Gasteiger partial charge in [0.25, 0.3) is 5.91 Å². The van der Waals surface area contributed by atoms with E-state index in [0.717, 1.165) is 43.7 Å². The van der Waals surface area contributed by atoms with Crippen molar-refractivity contribution < 1.29 is 9.53 Å². The third-order valence-corrected chi connectivity index (χ3v) is 5.04. The molecule has 0 N–H and O–H groups in total. The van der Waals surface area contributed by atoms with Gasteiger partial charge in [-0.25, -0.2) is 0 Å². The highest BCUT2D eigenvalue weighted by atomic mass is 16.5. The molecule has 3 nitrogen and oxygen atoms in total. The van der Waals surface area contributed by atoms with Crippen molar-refractivity contribution in [2.75, 3.05) is 13.1 Å². The first kappa shape index (κ1) is 17.5. The molecule has 0 unspecified atom stereocenters. The molecule has 1 saturated heterocycles. The summed E-state index contributed by atoms with van der Waals surface area (Å²) in [4.78, 5) is 14.6. The monoisotopic (exact) mass is 337 g/mol. The third kappa shape index (κ3) is 4.62. The van der Waals surface area contributed by atoms with Crippen molar-refractivity contribution in [2.45, 2.75) is 39.2 Å². The zero-order valence-electron chi connectivity index (χ0n) is 15.2. The summed E-state index contributed by atoms with van der Waals surface area (Å²) < 4.78 is 5.89. The van der Waals surface area contributed by atoms with E-state index in [1.54, 1.807) is 0 Å². The molecule has 132 valence electrons. The number of piperidine rings is 1. The van der Waals surface area contributed by atoms with Gasteiger partial charge in [0.1, 0.15) is 5.75 Å². The van der Waals surface area contributed by atoms with Crippen LogP contribution in [0.5, 0.6) is 5.75 Å². The zero-order valence-corrected chi connectivity index (χ0v) is 15.2. The average Bonchev–Trinajstić information content (AvgIpc) is 2.64. The molecular weight excluding hydrogens is 310 g/mol. The van der Waals surface area contributed by atoms with Gasteiger partial charge >= 0.3 is 0 Å². The van der Waals surface area contributed by atoms with Crippen molar-refractivity contribution in [2.24, 2.45) is 5.92 Å². The van der Waals surface area contributed by atoms with Gasteiger partial charge in [-0.15, -0.1) is 0 Å². The first-order valence-electron chi connectivity index (χ1n) is 9.18. The molecule has 0 radical (unpaired) electrons. The summed E-state index contributed by atoms with van der Waals surface area (Å²) in [6.45, 7) is 5.52. The van der Waals surface area contributed by atoms with Gasteiger partial charge in [0, 0.05) is 13.1 Å². The van der Waals surface area contributed by atoms with Gasteiger partial charge in [-0.1, -0.05) is 48.5 Å². The van der Waals surface area contributed by atoms with Crippen molar-refractivity contribution >= 4 is 5.91 Å². The number of amides is 1. The number of aryl methyl sites for hydroxylation is 1. The first-order chi connectivity index (χ1) is 12.1. The van der Waals surface area contributed by atoms with Crippen molar-refractivity contribution in [3.05, 3.63) is 65.7 Å².